The van der Waals surface area contributed by atoms with Crippen molar-refractivity contribution in [2.24, 2.45) is 0 Å². The minimum absolute atomic E-state index is 0.155. The highest BCUT2D eigenvalue weighted by atomic mass is 16.2. The normalized spacial score (nSPS) is 15.7. The molecular formula is C21H27N3O2. The van der Waals surface area contributed by atoms with Crippen molar-refractivity contribution in [2.75, 3.05) is 32.7 Å². The maximum atomic E-state index is 12.7. The van der Waals surface area contributed by atoms with E-state index in [2.05, 4.69) is 34.1 Å². The summed E-state index contributed by atoms with van der Waals surface area (Å²) in [6.45, 7) is 6.11. The van der Waals surface area contributed by atoms with Gasteiger partial charge in [0.25, 0.3) is 5.91 Å². The Morgan fingerprint density at radius 2 is 1.92 bits per heavy atom. The molecule has 0 radical (unpaired) electrons. The largest absolute Gasteiger partial charge is 0.364 e. The van der Waals surface area contributed by atoms with Gasteiger partial charge < -0.3 is 14.8 Å². The van der Waals surface area contributed by atoms with Crippen LogP contribution in [-0.4, -0.2) is 53.4 Å². The van der Waals surface area contributed by atoms with Gasteiger partial charge >= 0.3 is 0 Å². The number of rotatable bonds is 5. The number of nitrogens with one attached hydrogen (secondary N) is 1. The van der Waals surface area contributed by atoms with E-state index in [0.717, 1.165) is 44.6 Å². The predicted molar refractivity (Wildman–Crippen MR) is 104 cm³/mol. The first-order valence-electron chi connectivity index (χ1n) is 9.38. The molecular weight excluding hydrogens is 326 g/mol. The molecule has 1 aliphatic rings. The number of hydrogen-bond donors (Lipinski definition) is 1. The van der Waals surface area contributed by atoms with Crippen LogP contribution in [0.15, 0.2) is 47.4 Å². The van der Waals surface area contributed by atoms with Crippen LogP contribution in [0.4, 0.5) is 0 Å². The monoisotopic (exact) mass is 353 g/mol. The summed E-state index contributed by atoms with van der Waals surface area (Å²) in [6.07, 6.45) is 4.69. The average Bonchev–Trinajstić information content (AvgIpc) is 2.88. The fraction of sp³-hybridized carbons (Fsp3) is 0.429. The average molecular weight is 353 g/mol. The van der Waals surface area contributed by atoms with Crippen LogP contribution in [0.5, 0.6) is 0 Å². The molecule has 0 aliphatic carbocycles. The Morgan fingerprint density at radius 1 is 1.12 bits per heavy atom. The van der Waals surface area contributed by atoms with Crippen molar-refractivity contribution in [1.29, 1.82) is 0 Å². The Kier molecular flexibility index (Phi) is 6.23. The van der Waals surface area contributed by atoms with Gasteiger partial charge in [-0.05, 0) is 44.8 Å². The number of aromatic nitrogens is 1. The number of benzene rings is 1. The number of hydrogen-bond acceptors (Lipinski definition) is 3. The number of amides is 1. The first kappa shape index (κ1) is 18.4. The third-order valence-corrected chi connectivity index (χ3v) is 4.95. The van der Waals surface area contributed by atoms with Crippen LogP contribution in [0.25, 0.3) is 0 Å². The summed E-state index contributed by atoms with van der Waals surface area (Å²) >= 11 is 0. The molecule has 1 N–H and O–H groups in total. The van der Waals surface area contributed by atoms with E-state index >= 15 is 0 Å². The summed E-state index contributed by atoms with van der Waals surface area (Å²) in [4.78, 5) is 32.0. The Balaban J connectivity index is 1.51. The fourth-order valence-corrected chi connectivity index (χ4v) is 3.46. The zero-order valence-electron chi connectivity index (χ0n) is 15.4. The van der Waals surface area contributed by atoms with Crippen molar-refractivity contribution < 1.29 is 4.79 Å². The molecule has 138 valence electrons. The molecule has 2 heterocycles. The molecule has 0 bridgehead atoms. The molecule has 0 spiro atoms. The first-order chi connectivity index (χ1) is 12.6. The number of H-pyrrole nitrogens is 1. The van der Waals surface area contributed by atoms with Gasteiger partial charge in [0.1, 0.15) is 5.56 Å². The van der Waals surface area contributed by atoms with E-state index in [1.165, 1.54) is 11.6 Å². The van der Waals surface area contributed by atoms with Crippen molar-refractivity contribution in [2.45, 2.75) is 26.2 Å². The van der Waals surface area contributed by atoms with Crippen LogP contribution < -0.4 is 5.43 Å². The highest BCUT2D eigenvalue weighted by Gasteiger charge is 2.22. The zero-order chi connectivity index (χ0) is 18.4. The van der Waals surface area contributed by atoms with Crippen LogP contribution in [0.2, 0.25) is 0 Å². The maximum Gasteiger partial charge on any atom is 0.259 e. The van der Waals surface area contributed by atoms with Crippen LogP contribution in [0.3, 0.4) is 0 Å². The van der Waals surface area contributed by atoms with E-state index < -0.39 is 0 Å². The van der Waals surface area contributed by atoms with Crippen LogP contribution in [0, 0.1) is 6.92 Å². The summed E-state index contributed by atoms with van der Waals surface area (Å²) in [7, 11) is 0. The number of pyridine rings is 1. The van der Waals surface area contributed by atoms with Gasteiger partial charge in [-0.25, -0.2) is 0 Å². The van der Waals surface area contributed by atoms with E-state index in [4.69, 9.17) is 0 Å². The van der Waals surface area contributed by atoms with Crippen LogP contribution in [-0.2, 0) is 6.42 Å². The van der Waals surface area contributed by atoms with Gasteiger partial charge in [0.15, 0.2) is 5.43 Å². The van der Waals surface area contributed by atoms with Gasteiger partial charge in [0.05, 0.1) is 0 Å². The number of aromatic amines is 1. The topological polar surface area (TPSA) is 56.4 Å². The molecule has 0 atom stereocenters. The van der Waals surface area contributed by atoms with E-state index in [-0.39, 0.29) is 16.9 Å². The number of aryl methyl sites for hydroxylation is 2. The van der Waals surface area contributed by atoms with E-state index in [0.29, 0.717) is 13.1 Å². The van der Waals surface area contributed by atoms with Gasteiger partial charge in [-0.2, -0.15) is 0 Å². The van der Waals surface area contributed by atoms with E-state index in [1.54, 1.807) is 6.20 Å². The Morgan fingerprint density at radius 3 is 2.69 bits per heavy atom. The second kappa shape index (κ2) is 8.81. The molecule has 1 aliphatic heterocycles. The lowest BCUT2D eigenvalue weighted by atomic mass is 10.1. The zero-order valence-corrected chi connectivity index (χ0v) is 15.4. The summed E-state index contributed by atoms with van der Waals surface area (Å²) in [5.74, 6) is -0.155. The predicted octanol–water partition coefficient (Wildman–Crippen LogP) is 2.46. The molecule has 0 saturated carbocycles. The molecule has 26 heavy (non-hydrogen) atoms. The van der Waals surface area contributed by atoms with Crippen molar-refractivity contribution in [1.82, 2.24) is 14.8 Å². The molecule has 1 aromatic heterocycles. The smallest absolute Gasteiger partial charge is 0.259 e. The molecule has 1 amide bonds. The fourth-order valence-electron chi connectivity index (χ4n) is 3.46. The number of carbonyl (C=O) groups excluding carboxylic acids is 1. The summed E-state index contributed by atoms with van der Waals surface area (Å²) in [5.41, 5.74) is 2.19. The minimum Gasteiger partial charge on any atom is -0.364 e. The second-order valence-corrected chi connectivity index (χ2v) is 6.97. The van der Waals surface area contributed by atoms with Crippen molar-refractivity contribution in [3.05, 3.63) is 69.6 Å². The molecule has 3 rings (SSSR count). The van der Waals surface area contributed by atoms with Crippen molar-refractivity contribution in [3.8, 4) is 0 Å². The third kappa shape index (κ3) is 4.82. The lowest BCUT2D eigenvalue weighted by molar-refractivity contribution is 0.0759. The highest BCUT2D eigenvalue weighted by molar-refractivity contribution is 5.93. The van der Waals surface area contributed by atoms with Crippen LogP contribution in [0.1, 0.15) is 34.5 Å². The number of nitrogens with zero attached hydrogens (tertiary/aromatic N) is 2. The summed E-state index contributed by atoms with van der Waals surface area (Å²) < 4.78 is 0. The number of carbonyl (C=O) groups is 1. The first-order valence-corrected chi connectivity index (χ1v) is 9.38. The Hall–Kier alpha value is -2.40. The van der Waals surface area contributed by atoms with Crippen LogP contribution >= 0.6 is 0 Å². The SMILES string of the molecule is Cc1cc(=O)c(C(=O)N2CCCN(CCCc3ccccc3)CC2)c[nH]1. The molecule has 0 unspecified atom stereocenters. The van der Waals surface area contributed by atoms with Crippen molar-refractivity contribution >= 4 is 5.91 Å². The van der Waals surface area contributed by atoms with E-state index in [9.17, 15) is 9.59 Å². The quantitative estimate of drug-likeness (QED) is 0.898. The van der Waals surface area contributed by atoms with Gasteiger partial charge in [0.2, 0.25) is 0 Å². The molecule has 1 saturated heterocycles. The van der Waals surface area contributed by atoms with Gasteiger partial charge in [-0.15, -0.1) is 0 Å². The second-order valence-electron chi connectivity index (χ2n) is 6.97. The molecule has 5 nitrogen and oxygen atoms in total. The Bertz CT molecular complexity index is 785. The molecule has 2 aromatic rings. The highest BCUT2D eigenvalue weighted by Crippen LogP contribution is 2.09. The maximum absolute atomic E-state index is 12.7. The Labute approximate surface area is 154 Å². The summed E-state index contributed by atoms with van der Waals surface area (Å²) in [5, 5.41) is 0. The van der Waals surface area contributed by atoms with Crippen molar-refractivity contribution in [3.63, 3.8) is 0 Å². The van der Waals surface area contributed by atoms with Gasteiger partial charge in [0, 0.05) is 37.6 Å². The molecule has 5 heteroatoms. The lowest BCUT2D eigenvalue weighted by Gasteiger charge is -2.22. The summed E-state index contributed by atoms with van der Waals surface area (Å²) in [6, 6.07) is 12.0. The molecule has 1 aromatic carbocycles. The standard InChI is InChI=1S/C21H27N3O2/c1-17-15-20(25)19(16-22-17)21(26)24-12-6-11-23(13-14-24)10-5-9-18-7-3-2-4-8-18/h2-4,7-8,15-16H,5-6,9-14H2,1H3,(H,22,25). The lowest BCUT2D eigenvalue weighted by Crippen LogP contribution is -2.37. The van der Waals surface area contributed by atoms with Gasteiger partial charge in [-0.3, -0.25) is 9.59 Å². The molecule has 1 fully saturated rings. The van der Waals surface area contributed by atoms with Gasteiger partial charge in [-0.1, -0.05) is 30.3 Å². The third-order valence-electron chi connectivity index (χ3n) is 4.95. The minimum atomic E-state index is -0.199. The van der Waals surface area contributed by atoms with E-state index in [1.807, 2.05) is 17.9 Å².